The zero-order chi connectivity index (χ0) is 16.6. The summed E-state index contributed by atoms with van der Waals surface area (Å²) in [6.07, 6.45) is 0. The Bertz CT molecular complexity index is 675. The molecule has 0 aliphatic carbocycles. The normalized spacial score (nSPS) is 10.6. The molecule has 0 aromatic heterocycles. The molecular formula is C14H6Cl6O2. The van der Waals surface area contributed by atoms with Crippen molar-refractivity contribution in [2.24, 2.45) is 0 Å². The van der Waals surface area contributed by atoms with Gasteiger partial charge in [-0.05, 0) is 35.4 Å². The van der Waals surface area contributed by atoms with Crippen molar-refractivity contribution in [3.8, 4) is 11.5 Å². The van der Waals surface area contributed by atoms with Crippen molar-refractivity contribution < 1.29 is 10.2 Å². The van der Waals surface area contributed by atoms with E-state index >= 15 is 0 Å². The summed E-state index contributed by atoms with van der Waals surface area (Å²) in [5.74, 6) is -0.502. The predicted octanol–water partition coefficient (Wildman–Crippen LogP) is 6.91. The van der Waals surface area contributed by atoms with Gasteiger partial charge in [-0.1, -0.05) is 69.6 Å². The lowest BCUT2D eigenvalue weighted by atomic mass is 9.99. The summed E-state index contributed by atoms with van der Waals surface area (Å²) < 4.78 is -0.0874. The van der Waals surface area contributed by atoms with Crippen molar-refractivity contribution >= 4 is 75.2 Å². The summed E-state index contributed by atoms with van der Waals surface area (Å²) in [5.41, 5.74) is 1.24. The number of halogens is 6. The Balaban J connectivity index is 2.71. The summed E-state index contributed by atoms with van der Waals surface area (Å²) in [4.78, 5) is 0. The zero-order valence-corrected chi connectivity index (χ0v) is 15.0. The van der Waals surface area contributed by atoms with E-state index in [2.05, 4.69) is 0 Å². The van der Waals surface area contributed by atoms with E-state index in [9.17, 15) is 10.2 Å². The molecule has 0 aliphatic rings. The average molecular weight is 419 g/mol. The van der Waals surface area contributed by atoms with Gasteiger partial charge < -0.3 is 10.2 Å². The van der Waals surface area contributed by atoms with Crippen LogP contribution in [0.3, 0.4) is 0 Å². The van der Waals surface area contributed by atoms with Crippen LogP contribution in [0.5, 0.6) is 11.5 Å². The van der Waals surface area contributed by atoms with Crippen molar-refractivity contribution in [3.63, 3.8) is 0 Å². The van der Waals surface area contributed by atoms with E-state index in [1.165, 1.54) is 24.3 Å². The maximum atomic E-state index is 9.63. The third-order valence-electron chi connectivity index (χ3n) is 2.80. The molecule has 0 aliphatic heterocycles. The zero-order valence-electron chi connectivity index (χ0n) is 10.5. The number of hydrogen-bond acceptors (Lipinski definition) is 2. The van der Waals surface area contributed by atoms with E-state index in [-0.39, 0.29) is 36.1 Å². The highest BCUT2D eigenvalue weighted by Crippen LogP contribution is 2.42. The lowest BCUT2D eigenvalue weighted by Crippen LogP contribution is -1.91. The van der Waals surface area contributed by atoms with Crippen molar-refractivity contribution in [3.05, 3.63) is 60.0 Å². The van der Waals surface area contributed by atoms with Crippen LogP contribution in [0.2, 0.25) is 20.1 Å². The standard InChI is InChI=1S/C14H6Cl6O2/c15-7-1-5(2-8(16)12(7)21)11(14(19)20)6-3-9(17)13(22)10(18)4-6/h1-4,21-22H. The maximum Gasteiger partial charge on any atom is 0.152 e. The van der Waals surface area contributed by atoms with E-state index < -0.39 is 0 Å². The van der Waals surface area contributed by atoms with Crippen LogP contribution in [-0.2, 0) is 0 Å². The van der Waals surface area contributed by atoms with Crippen LogP contribution in [0.1, 0.15) is 11.1 Å². The Kier molecular flexibility index (Phi) is 5.65. The third-order valence-corrected chi connectivity index (χ3v) is 4.33. The smallest absolute Gasteiger partial charge is 0.152 e. The number of phenolic OH excluding ortho intramolecular Hbond substituents is 2. The van der Waals surface area contributed by atoms with Crippen molar-refractivity contribution in [1.82, 2.24) is 0 Å². The van der Waals surface area contributed by atoms with Crippen LogP contribution in [-0.4, -0.2) is 10.2 Å². The minimum atomic E-state index is -0.251. The van der Waals surface area contributed by atoms with E-state index in [1.54, 1.807) is 0 Å². The molecule has 0 radical (unpaired) electrons. The van der Waals surface area contributed by atoms with Crippen molar-refractivity contribution in [1.29, 1.82) is 0 Å². The highest BCUT2D eigenvalue weighted by Gasteiger charge is 2.17. The van der Waals surface area contributed by atoms with Crippen molar-refractivity contribution in [2.45, 2.75) is 0 Å². The largest absolute Gasteiger partial charge is 0.505 e. The summed E-state index contributed by atoms with van der Waals surface area (Å²) in [6.45, 7) is 0. The first-order valence-corrected chi connectivity index (χ1v) is 7.91. The van der Waals surface area contributed by atoms with Crippen LogP contribution in [0.4, 0.5) is 0 Å². The molecule has 0 saturated carbocycles. The molecule has 0 spiro atoms. The molecule has 0 saturated heterocycles. The molecule has 2 N–H and O–H groups in total. The third kappa shape index (κ3) is 3.53. The predicted molar refractivity (Wildman–Crippen MR) is 94.0 cm³/mol. The number of phenols is 2. The molecule has 2 aromatic carbocycles. The second kappa shape index (κ2) is 6.96. The van der Waals surface area contributed by atoms with E-state index in [0.29, 0.717) is 16.7 Å². The summed E-state index contributed by atoms with van der Waals surface area (Å²) >= 11 is 35.5. The molecule has 0 atom stereocenters. The second-order valence-electron chi connectivity index (χ2n) is 4.21. The Labute approximate surface area is 156 Å². The Hall–Kier alpha value is -0.480. The molecule has 0 bridgehead atoms. The maximum absolute atomic E-state index is 9.63. The first-order valence-electron chi connectivity index (χ1n) is 5.64. The average Bonchev–Trinajstić information content (AvgIpc) is 2.41. The topological polar surface area (TPSA) is 40.5 Å². The molecule has 0 heterocycles. The second-order valence-corrected chi connectivity index (χ2v) is 6.79. The van der Waals surface area contributed by atoms with E-state index in [0.717, 1.165) is 0 Å². The molecule has 0 unspecified atom stereocenters. The fraction of sp³-hybridized carbons (Fsp3) is 0. The van der Waals surface area contributed by atoms with E-state index in [1.807, 2.05) is 0 Å². The van der Waals surface area contributed by atoms with Crippen LogP contribution in [0.15, 0.2) is 28.8 Å². The number of rotatable bonds is 2. The van der Waals surface area contributed by atoms with Gasteiger partial charge in [0, 0.05) is 5.57 Å². The van der Waals surface area contributed by atoms with Crippen LogP contribution in [0.25, 0.3) is 5.57 Å². The quantitative estimate of drug-likeness (QED) is 0.556. The highest BCUT2D eigenvalue weighted by molar-refractivity contribution is 6.59. The molecular weight excluding hydrogens is 413 g/mol. The minimum Gasteiger partial charge on any atom is -0.505 e. The first-order chi connectivity index (χ1) is 10.2. The molecule has 0 fully saturated rings. The van der Waals surface area contributed by atoms with Gasteiger partial charge in [0.05, 0.1) is 20.1 Å². The highest BCUT2D eigenvalue weighted by atomic mass is 35.5. The Morgan fingerprint density at radius 3 is 1.14 bits per heavy atom. The minimum absolute atomic E-state index is 0.0329. The van der Waals surface area contributed by atoms with Gasteiger partial charge in [-0.15, -0.1) is 0 Å². The van der Waals surface area contributed by atoms with Crippen LogP contribution < -0.4 is 0 Å². The Morgan fingerprint density at radius 2 is 0.909 bits per heavy atom. The SMILES string of the molecule is Oc1c(Cl)cc(C(=C(Cl)Cl)c2cc(Cl)c(O)c(Cl)c2)cc1Cl. The molecule has 22 heavy (non-hydrogen) atoms. The van der Waals surface area contributed by atoms with Crippen LogP contribution in [0, 0.1) is 0 Å². The molecule has 2 rings (SSSR count). The number of aromatic hydroxyl groups is 2. The molecule has 2 aromatic rings. The molecule has 8 heteroatoms. The Morgan fingerprint density at radius 1 is 0.636 bits per heavy atom. The van der Waals surface area contributed by atoms with Gasteiger partial charge in [-0.3, -0.25) is 0 Å². The van der Waals surface area contributed by atoms with Crippen LogP contribution >= 0.6 is 69.6 Å². The first kappa shape index (κ1) is 17.9. The van der Waals surface area contributed by atoms with Gasteiger partial charge in [0.1, 0.15) is 4.49 Å². The van der Waals surface area contributed by atoms with Gasteiger partial charge in [0.25, 0.3) is 0 Å². The van der Waals surface area contributed by atoms with Gasteiger partial charge >= 0.3 is 0 Å². The van der Waals surface area contributed by atoms with Gasteiger partial charge in [0.2, 0.25) is 0 Å². The van der Waals surface area contributed by atoms with Gasteiger partial charge in [-0.25, -0.2) is 0 Å². The van der Waals surface area contributed by atoms with E-state index in [4.69, 9.17) is 69.6 Å². The molecule has 2 nitrogen and oxygen atoms in total. The fourth-order valence-corrected chi connectivity index (χ4v) is 3.22. The fourth-order valence-electron chi connectivity index (χ4n) is 1.80. The summed E-state index contributed by atoms with van der Waals surface area (Å²) in [7, 11) is 0. The monoisotopic (exact) mass is 416 g/mol. The van der Waals surface area contributed by atoms with Gasteiger partial charge in [-0.2, -0.15) is 0 Å². The lowest BCUT2D eigenvalue weighted by molar-refractivity contribution is 0.475. The number of benzene rings is 2. The van der Waals surface area contributed by atoms with Gasteiger partial charge in [0.15, 0.2) is 11.5 Å². The number of hydrogen-bond donors (Lipinski definition) is 2. The summed E-state index contributed by atoms with van der Waals surface area (Å²) in [6, 6.07) is 5.77. The molecule has 0 amide bonds. The summed E-state index contributed by atoms with van der Waals surface area (Å²) in [5, 5.41) is 19.4. The lowest BCUT2D eigenvalue weighted by Gasteiger charge is -2.13. The van der Waals surface area contributed by atoms with Crippen molar-refractivity contribution in [2.75, 3.05) is 0 Å². The molecule has 116 valence electrons.